The second kappa shape index (κ2) is 5.03. The van der Waals surface area contributed by atoms with E-state index < -0.39 is 19.7 Å². The number of rotatable bonds is 4. The smallest absolute Gasteiger partial charge is 0.196 e. The first-order valence-corrected chi connectivity index (χ1v) is 8.95. The molecule has 0 aliphatic heterocycles. The number of halogens is 1. The van der Waals surface area contributed by atoms with Gasteiger partial charge in [0.25, 0.3) is 0 Å². The zero-order valence-electron chi connectivity index (χ0n) is 9.34. The van der Waals surface area contributed by atoms with Crippen LogP contribution >= 0.6 is 15.9 Å². The fourth-order valence-electron chi connectivity index (χ4n) is 1.16. The lowest BCUT2D eigenvalue weighted by Crippen LogP contribution is -2.14. The van der Waals surface area contributed by atoms with E-state index in [0.717, 1.165) is 0 Å². The fraction of sp³-hybridized carbons (Fsp3) is 0.444. The normalized spacial score (nSPS) is 12.6. The van der Waals surface area contributed by atoms with Crippen LogP contribution in [0.2, 0.25) is 0 Å². The predicted octanol–water partition coefficient (Wildman–Crippen LogP) is 1.43. The van der Waals surface area contributed by atoms with E-state index in [0.29, 0.717) is 4.47 Å². The van der Waals surface area contributed by atoms with Gasteiger partial charge in [0.1, 0.15) is 4.90 Å². The quantitative estimate of drug-likeness (QED) is 0.827. The molecule has 0 saturated carbocycles. The van der Waals surface area contributed by atoms with Crippen LogP contribution in [0.1, 0.15) is 13.8 Å². The van der Waals surface area contributed by atoms with E-state index >= 15 is 0 Å². The highest BCUT2D eigenvalue weighted by molar-refractivity contribution is 9.10. The van der Waals surface area contributed by atoms with Crippen LogP contribution in [-0.4, -0.2) is 33.3 Å². The third-order valence-corrected chi connectivity index (χ3v) is 6.15. The summed E-state index contributed by atoms with van der Waals surface area (Å²) < 4.78 is 47.6. The van der Waals surface area contributed by atoms with Crippen molar-refractivity contribution in [2.45, 2.75) is 23.8 Å². The Morgan fingerprint density at radius 1 is 1.12 bits per heavy atom. The van der Waals surface area contributed by atoms with Crippen LogP contribution in [0.4, 0.5) is 0 Å². The van der Waals surface area contributed by atoms with Gasteiger partial charge in [0.05, 0.1) is 11.5 Å². The maximum absolute atomic E-state index is 11.8. The molecule has 96 valence electrons. The fourth-order valence-corrected chi connectivity index (χ4v) is 4.19. The average molecular weight is 342 g/mol. The molecule has 0 atom stereocenters. The van der Waals surface area contributed by atoms with Crippen LogP contribution in [0.5, 0.6) is 0 Å². The number of hydrogen-bond acceptors (Lipinski definition) is 5. The summed E-state index contributed by atoms with van der Waals surface area (Å²) in [6.45, 7) is 2.90. The first-order chi connectivity index (χ1) is 7.74. The summed E-state index contributed by atoms with van der Waals surface area (Å²) >= 11 is 3.08. The van der Waals surface area contributed by atoms with E-state index in [9.17, 15) is 16.8 Å². The molecule has 0 bridgehead atoms. The minimum absolute atomic E-state index is 0.169. The molecule has 0 aliphatic carbocycles. The molecule has 1 rings (SSSR count). The third kappa shape index (κ3) is 3.05. The molecule has 8 heteroatoms. The molecule has 0 radical (unpaired) electrons. The molecular formula is C9H12BrNO4S2. The zero-order valence-corrected chi connectivity index (χ0v) is 12.6. The van der Waals surface area contributed by atoms with Crippen molar-refractivity contribution in [2.75, 3.05) is 11.5 Å². The third-order valence-electron chi connectivity index (χ3n) is 2.17. The second-order valence-electron chi connectivity index (χ2n) is 3.26. The Hall–Kier alpha value is -0.470. The van der Waals surface area contributed by atoms with Gasteiger partial charge < -0.3 is 0 Å². The summed E-state index contributed by atoms with van der Waals surface area (Å²) in [6, 6.07) is 1.27. The lowest BCUT2D eigenvalue weighted by Gasteiger charge is -2.08. The Balaban J connectivity index is 3.66. The Labute approximate surface area is 109 Å². The molecule has 0 unspecified atom stereocenters. The molecule has 1 heterocycles. The molecule has 0 N–H and O–H groups in total. The summed E-state index contributed by atoms with van der Waals surface area (Å²) in [5.41, 5.74) is 0. The molecule has 5 nitrogen and oxygen atoms in total. The lowest BCUT2D eigenvalue weighted by atomic mass is 10.5. The number of pyridine rings is 1. The van der Waals surface area contributed by atoms with Crippen LogP contribution in [0, 0.1) is 0 Å². The highest BCUT2D eigenvalue weighted by Crippen LogP contribution is 2.24. The molecule has 1 aromatic rings. The zero-order chi connectivity index (χ0) is 13.3. The van der Waals surface area contributed by atoms with Crippen molar-refractivity contribution in [1.29, 1.82) is 0 Å². The van der Waals surface area contributed by atoms with Crippen molar-refractivity contribution in [1.82, 2.24) is 4.98 Å². The van der Waals surface area contributed by atoms with Crippen molar-refractivity contribution >= 4 is 35.6 Å². The summed E-state index contributed by atoms with van der Waals surface area (Å²) in [6.07, 6.45) is 1.28. The standard InChI is InChI=1S/C9H12BrNO4S2/c1-3-16(12,13)8-5-7(10)6-11-9(8)17(14,15)4-2/h5-6H,3-4H2,1-2H3. The average Bonchev–Trinajstić information content (AvgIpc) is 2.28. The van der Waals surface area contributed by atoms with Gasteiger partial charge in [0, 0.05) is 10.7 Å². The van der Waals surface area contributed by atoms with Crippen molar-refractivity contribution in [3.63, 3.8) is 0 Å². The van der Waals surface area contributed by atoms with E-state index in [1.165, 1.54) is 26.1 Å². The Morgan fingerprint density at radius 2 is 1.65 bits per heavy atom. The first-order valence-electron chi connectivity index (χ1n) is 4.85. The molecule has 0 aromatic carbocycles. The largest absolute Gasteiger partial charge is 0.242 e. The molecule has 17 heavy (non-hydrogen) atoms. The van der Waals surface area contributed by atoms with E-state index in [4.69, 9.17) is 0 Å². The van der Waals surface area contributed by atoms with Crippen LogP contribution in [-0.2, 0) is 19.7 Å². The van der Waals surface area contributed by atoms with E-state index in [1.807, 2.05) is 0 Å². The number of sulfone groups is 2. The minimum Gasteiger partial charge on any atom is -0.242 e. The second-order valence-corrected chi connectivity index (χ2v) is 8.62. The molecular weight excluding hydrogens is 330 g/mol. The van der Waals surface area contributed by atoms with E-state index in [-0.39, 0.29) is 21.4 Å². The van der Waals surface area contributed by atoms with E-state index in [1.54, 1.807) is 0 Å². The molecule has 1 aromatic heterocycles. The van der Waals surface area contributed by atoms with Gasteiger partial charge in [-0.3, -0.25) is 0 Å². The Bertz CT molecular complexity index is 622. The predicted molar refractivity (Wildman–Crippen MR) is 67.4 cm³/mol. The molecule has 0 saturated heterocycles. The van der Waals surface area contributed by atoms with Gasteiger partial charge in [-0.2, -0.15) is 0 Å². The van der Waals surface area contributed by atoms with Gasteiger partial charge in [-0.1, -0.05) is 13.8 Å². The van der Waals surface area contributed by atoms with Crippen LogP contribution in [0.15, 0.2) is 26.7 Å². The highest BCUT2D eigenvalue weighted by Gasteiger charge is 2.26. The van der Waals surface area contributed by atoms with Gasteiger partial charge in [0.15, 0.2) is 24.7 Å². The summed E-state index contributed by atoms with van der Waals surface area (Å²) in [4.78, 5) is 3.48. The van der Waals surface area contributed by atoms with E-state index in [2.05, 4.69) is 20.9 Å². The topological polar surface area (TPSA) is 81.2 Å². The molecule has 0 amide bonds. The molecule has 0 spiro atoms. The number of nitrogens with zero attached hydrogens (tertiary/aromatic N) is 1. The van der Waals surface area contributed by atoms with Crippen LogP contribution < -0.4 is 0 Å². The lowest BCUT2D eigenvalue weighted by molar-refractivity contribution is 0.579. The van der Waals surface area contributed by atoms with Crippen molar-refractivity contribution in [2.24, 2.45) is 0 Å². The van der Waals surface area contributed by atoms with Gasteiger partial charge in [-0.15, -0.1) is 0 Å². The van der Waals surface area contributed by atoms with Crippen molar-refractivity contribution in [3.8, 4) is 0 Å². The van der Waals surface area contributed by atoms with Crippen molar-refractivity contribution in [3.05, 3.63) is 16.7 Å². The van der Waals surface area contributed by atoms with Crippen LogP contribution in [0.25, 0.3) is 0 Å². The molecule has 0 fully saturated rings. The maximum Gasteiger partial charge on any atom is 0.196 e. The van der Waals surface area contributed by atoms with Crippen molar-refractivity contribution < 1.29 is 16.8 Å². The Kier molecular flexibility index (Phi) is 4.32. The van der Waals surface area contributed by atoms with Gasteiger partial charge in [0.2, 0.25) is 0 Å². The summed E-state index contributed by atoms with van der Waals surface area (Å²) in [5.74, 6) is -0.356. The SMILES string of the molecule is CCS(=O)(=O)c1cc(Br)cnc1S(=O)(=O)CC. The number of aromatic nitrogens is 1. The van der Waals surface area contributed by atoms with Gasteiger partial charge in [-0.25, -0.2) is 21.8 Å². The first kappa shape index (κ1) is 14.6. The molecule has 0 aliphatic rings. The van der Waals surface area contributed by atoms with Gasteiger partial charge >= 0.3 is 0 Å². The number of hydrogen-bond donors (Lipinski definition) is 0. The Morgan fingerprint density at radius 3 is 2.12 bits per heavy atom. The van der Waals surface area contributed by atoms with Crippen LogP contribution in [0.3, 0.4) is 0 Å². The summed E-state index contributed by atoms with van der Waals surface area (Å²) in [5, 5.41) is -0.370. The van der Waals surface area contributed by atoms with Gasteiger partial charge in [-0.05, 0) is 22.0 Å². The monoisotopic (exact) mass is 341 g/mol. The highest BCUT2D eigenvalue weighted by atomic mass is 79.9. The minimum atomic E-state index is -3.65. The maximum atomic E-state index is 11.8. The summed E-state index contributed by atoms with van der Waals surface area (Å²) in [7, 11) is -7.27.